The van der Waals surface area contributed by atoms with Crippen LogP contribution in [0.5, 0.6) is 0 Å². The zero-order valence-corrected chi connectivity index (χ0v) is 9.74. The Labute approximate surface area is 97.3 Å². The van der Waals surface area contributed by atoms with Gasteiger partial charge in [-0.2, -0.15) is 0 Å². The Balaban J connectivity index is 2.31. The summed E-state index contributed by atoms with van der Waals surface area (Å²) in [5.41, 5.74) is 4.04. The van der Waals surface area contributed by atoms with Crippen molar-refractivity contribution in [2.75, 3.05) is 11.4 Å². The van der Waals surface area contributed by atoms with Crippen LogP contribution in [-0.2, 0) is 13.0 Å². The SMILES string of the molecule is C=CN(/C=C\C)c1ccc2c(c1)CNCC2. The van der Waals surface area contributed by atoms with Gasteiger partial charge in [-0.25, -0.2) is 0 Å². The zero-order chi connectivity index (χ0) is 11.4. The van der Waals surface area contributed by atoms with E-state index in [4.69, 9.17) is 0 Å². The Bertz CT molecular complexity index is 407. The summed E-state index contributed by atoms with van der Waals surface area (Å²) in [5, 5.41) is 3.39. The van der Waals surface area contributed by atoms with E-state index in [1.807, 2.05) is 30.3 Å². The van der Waals surface area contributed by atoms with Crippen LogP contribution in [0.2, 0.25) is 0 Å². The van der Waals surface area contributed by atoms with Gasteiger partial charge in [0.25, 0.3) is 0 Å². The molecule has 0 unspecified atom stereocenters. The van der Waals surface area contributed by atoms with Gasteiger partial charge < -0.3 is 10.2 Å². The summed E-state index contributed by atoms with van der Waals surface area (Å²) in [4.78, 5) is 2.04. The van der Waals surface area contributed by atoms with E-state index in [9.17, 15) is 0 Å². The van der Waals surface area contributed by atoms with Gasteiger partial charge in [-0.05, 0) is 43.1 Å². The largest absolute Gasteiger partial charge is 0.325 e. The van der Waals surface area contributed by atoms with E-state index in [1.54, 1.807) is 0 Å². The average molecular weight is 214 g/mol. The second-order valence-electron chi connectivity index (χ2n) is 3.95. The Hall–Kier alpha value is -1.54. The number of hydrogen-bond acceptors (Lipinski definition) is 2. The lowest BCUT2D eigenvalue weighted by atomic mass is 10.0. The number of allylic oxidation sites excluding steroid dienone is 1. The van der Waals surface area contributed by atoms with E-state index in [1.165, 1.54) is 16.8 Å². The summed E-state index contributed by atoms with van der Waals surface area (Å²) in [6.07, 6.45) is 7.00. The minimum atomic E-state index is 0.976. The number of nitrogens with one attached hydrogen (secondary N) is 1. The Morgan fingerprint density at radius 2 is 2.25 bits per heavy atom. The van der Waals surface area contributed by atoms with Crippen molar-refractivity contribution in [2.24, 2.45) is 0 Å². The van der Waals surface area contributed by atoms with Gasteiger partial charge in [0.2, 0.25) is 0 Å². The standard InChI is InChI=1S/C14H18N2/c1-3-9-16(4-2)14-6-5-12-7-8-15-11-13(12)10-14/h3-6,9-10,15H,2,7-8,11H2,1H3/b9-3-. The highest BCUT2D eigenvalue weighted by Crippen LogP contribution is 2.22. The highest BCUT2D eigenvalue weighted by molar-refractivity contribution is 5.55. The van der Waals surface area contributed by atoms with Crippen LogP contribution in [0.1, 0.15) is 18.1 Å². The number of nitrogens with zero attached hydrogens (tertiary/aromatic N) is 1. The fraction of sp³-hybridized carbons (Fsp3) is 0.286. The maximum absolute atomic E-state index is 3.83. The molecule has 0 saturated heterocycles. The predicted octanol–water partition coefficient (Wildman–Crippen LogP) is 2.82. The van der Waals surface area contributed by atoms with Gasteiger partial charge in [0.05, 0.1) is 0 Å². The van der Waals surface area contributed by atoms with Crippen molar-refractivity contribution in [3.8, 4) is 0 Å². The topological polar surface area (TPSA) is 15.3 Å². The van der Waals surface area contributed by atoms with Crippen molar-refractivity contribution < 1.29 is 0 Å². The molecular formula is C14H18N2. The second kappa shape index (κ2) is 4.99. The fourth-order valence-corrected chi connectivity index (χ4v) is 2.04. The third kappa shape index (κ3) is 2.17. The lowest BCUT2D eigenvalue weighted by Gasteiger charge is -2.21. The second-order valence-corrected chi connectivity index (χ2v) is 3.95. The van der Waals surface area contributed by atoms with Crippen LogP contribution in [0.3, 0.4) is 0 Å². The molecule has 1 N–H and O–H groups in total. The summed E-state index contributed by atoms with van der Waals surface area (Å²) in [6, 6.07) is 6.63. The normalized spacial score (nSPS) is 14.8. The molecule has 2 rings (SSSR count). The van der Waals surface area contributed by atoms with Gasteiger partial charge in [-0.3, -0.25) is 0 Å². The van der Waals surface area contributed by atoms with Crippen LogP contribution in [0.25, 0.3) is 0 Å². The van der Waals surface area contributed by atoms with Crippen LogP contribution in [-0.4, -0.2) is 6.54 Å². The molecule has 1 aliphatic rings. The first kappa shape index (κ1) is 11.0. The first-order chi connectivity index (χ1) is 7.85. The summed E-state index contributed by atoms with van der Waals surface area (Å²) < 4.78 is 0. The summed E-state index contributed by atoms with van der Waals surface area (Å²) >= 11 is 0. The van der Waals surface area contributed by atoms with Crippen molar-refractivity contribution in [3.05, 3.63) is 54.4 Å². The van der Waals surface area contributed by atoms with Gasteiger partial charge in [-0.1, -0.05) is 18.7 Å². The third-order valence-corrected chi connectivity index (χ3v) is 2.88. The highest BCUT2D eigenvalue weighted by atomic mass is 15.1. The van der Waals surface area contributed by atoms with Crippen LogP contribution in [0, 0.1) is 0 Å². The molecule has 0 fully saturated rings. The first-order valence-electron chi connectivity index (χ1n) is 5.71. The highest BCUT2D eigenvalue weighted by Gasteiger charge is 2.09. The molecule has 0 amide bonds. The van der Waals surface area contributed by atoms with Gasteiger partial charge in [-0.15, -0.1) is 0 Å². The Morgan fingerprint density at radius 1 is 1.38 bits per heavy atom. The number of fused-ring (bicyclic) bond motifs is 1. The van der Waals surface area contributed by atoms with E-state index in [0.717, 1.165) is 19.5 Å². The van der Waals surface area contributed by atoms with Crippen molar-refractivity contribution in [3.63, 3.8) is 0 Å². The number of hydrogen-bond donors (Lipinski definition) is 1. The molecule has 2 heteroatoms. The predicted molar refractivity (Wildman–Crippen MR) is 69.3 cm³/mol. The minimum absolute atomic E-state index is 0.976. The molecule has 0 aromatic heterocycles. The number of anilines is 1. The molecule has 1 heterocycles. The Morgan fingerprint density at radius 3 is 3.00 bits per heavy atom. The molecule has 0 radical (unpaired) electrons. The molecule has 84 valence electrons. The molecule has 0 saturated carbocycles. The Kier molecular flexibility index (Phi) is 3.42. The molecule has 16 heavy (non-hydrogen) atoms. The summed E-state index contributed by atoms with van der Waals surface area (Å²) in [7, 11) is 0. The molecule has 0 aliphatic carbocycles. The summed E-state index contributed by atoms with van der Waals surface area (Å²) in [6.45, 7) is 7.90. The third-order valence-electron chi connectivity index (χ3n) is 2.88. The minimum Gasteiger partial charge on any atom is -0.325 e. The van der Waals surface area contributed by atoms with Gasteiger partial charge >= 0.3 is 0 Å². The van der Waals surface area contributed by atoms with Crippen LogP contribution in [0.4, 0.5) is 5.69 Å². The lowest BCUT2D eigenvalue weighted by molar-refractivity contribution is 0.644. The van der Waals surface area contributed by atoms with E-state index >= 15 is 0 Å². The smallest absolute Gasteiger partial charge is 0.0452 e. The van der Waals surface area contributed by atoms with E-state index < -0.39 is 0 Å². The fourth-order valence-electron chi connectivity index (χ4n) is 2.04. The molecule has 0 bridgehead atoms. The molecule has 1 aromatic rings. The van der Waals surface area contributed by atoms with Crippen molar-refractivity contribution in [1.82, 2.24) is 5.32 Å². The van der Waals surface area contributed by atoms with Gasteiger partial charge in [0.15, 0.2) is 0 Å². The number of benzene rings is 1. The monoisotopic (exact) mass is 214 g/mol. The maximum atomic E-state index is 3.83. The zero-order valence-electron chi connectivity index (χ0n) is 9.74. The molecular weight excluding hydrogens is 196 g/mol. The van der Waals surface area contributed by atoms with E-state index in [0.29, 0.717) is 0 Å². The average Bonchev–Trinajstić information content (AvgIpc) is 2.35. The van der Waals surface area contributed by atoms with Crippen molar-refractivity contribution >= 4 is 5.69 Å². The maximum Gasteiger partial charge on any atom is 0.0452 e. The van der Waals surface area contributed by atoms with Gasteiger partial charge in [0.1, 0.15) is 0 Å². The molecule has 1 aliphatic heterocycles. The lowest BCUT2D eigenvalue weighted by Crippen LogP contribution is -2.23. The quantitative estimate of drug-likeness (QED) is 0.832. The van der Waals surface area contributed by atoms with Crippen LogP contribution in [0.15, 0.2) is 43.3 Å². The molecule has 0 spiro atoms. The first-order valence-corrected chi connectivity index (χ1v) is 5.71. The van der Waals surface area contributed by atoms with Crippen LogP contribution >= 0.6 is 0 Å². The molecule has 1 aromatic carbocycles. The van der Waals surface area contributed by atoms with Gasteiger partial charge in [0, 0.05) is 24.6 Å². The molecule has 2 nitrogen and oxygen atoms in total. The van der Waals surface area contributed by atoms with Crippen LogP contribution < -0.4 is 10.2 Å². The van der Waals surface area contributed by atoms with E-state index in [2.05, 4.69) is 30.1 Å². The number of rotatable bonds is 3. The molecule has 0 atom stereocenters. The van der Waals surface area contributed by atoms with E-state index in [-0.39, 0.29) is 0 Å². The summed E-state index contributed by atoms with van der Waals surface area (Å²) in [5.74, 6) is 0. The van der Waals surface area contributed by atoms with Crippen molar-refractivity contribution in [2.45, 2.75) is 19.9 Å². The van der Waals surface area contributed by atoms with Crippen molar-refractivity contribution in [1.29, 1.82) is 0 Å².